The van der Waals surface area contributed by atoms with E-state index >= 15 is 0 Å². The van der Waals surface area contributed by atoms with Gasteiger partial charge in [0.2, 0.25) is 5.95 Å². The van der Waals surface area contributed by atoms with Gasteiger partial charge < -0.3 is 19.2 Å². The average Bonchev–Trinajstić information content (AvgIpc) is 3.43. The molecule has 2 unspecified atom stereocenters. The molecule has 1 aliphatic carbocycles. The molecule has 2 atom stereocenters. The second-order valence-electron chi connectivity index (χ2n) is 8.42. The monoisotopic (exact) mass is 472 g/mol. The van der Waals surface area contributed by atoms with Gasteiger partial charge >= 0.3 is 6.18 Å². The Morgan fingerprint density at radius 3 is 2.68 bits per heavy atom. The van der Waals surface area contributed by atoms with Crippen LogP contribution in [0.25, 0.3) is 0 Å². The van der Waals surface area contributed by atoms with Crippen LogP contribution >= 0.6 is 0 Å². The molecule has 0 saturated carbocycles. The average molecular weight is 472 g/mol. The number of carbonyl (C=O) groups excluding carboxylic acids is 1. The first-order valence-corrected chi connectivity index (χ1v) is 10.9. The van der Waals surface area contributed by atoms with Crippen LogP contribution < -0.4 is 14.8 Å². The molecule has 2 aliphatic heterocycles. The third kappa shape index (κ3) is 3.42. The lowest BCUT2D eigenvalue weighted by atomic mass is 9.79. The van der Waals surface area contributed by atoms with Crippen molar-refractivity contribution in [1.82, 2.24) is 14.8 Å². The first-order chi connectivity index (χ1) is 16.4. The number of halogens is 3. The number of ketones is 1. The third-order valence-corrected chi connectivity index (χ3v) is 6.21. The maximum atomic E-state index is 13.5. The summed E-state index contributed by atoms with van der Waals surface area (Å²) in [5.41, 5.74) is 1.44. The number of hydrogen-bond donors (Lipinski definition) is 1. The van der Waals surface area contributed by atoms with Crippen LogP contribution in [-0.4, -0.2) is 33.8 Å². The Labute approximate surface area is 191 Å². The molecule has 3 aliphatic rings. The van der Waals surface area contributed by atoms with E-state index in [4.69, 9.17) is 13.9 Å². The van der Waals surface area contributed by atoms with Crippen molar-refractivity contribution >= 4 is 11.7 Å². The van der Waals surface area contributed by atoms with Gasteiger partial charge in [-0.15, -0.1) is 5.10 Å². The summed E-state index contributed by atoms with van der Waals surface area (Å²) in [6.07, 6.45) is -1.93. The van der Waals surface area contributed by atoms with Gasteiger partial charge in [-0.05, 0) is 36.2 Å². The van der Waals surface area contributed by atoms with Crippen LogP contribution in [0.2, 0.25) is 0 Å². The number of rotatable bonds is 2. The zero-order valence-electron chi connectivity index (χ0n) is 17.8. The molecule has 8 nitrogen and oxygen atoms in total. The molecule has 11 heteroatoms. The Bertz CT molecular complexity index is 1300. The summed E-state index contributed by atoms with van der Waals surface area (Å²) in [5, 5.41) is 6.68. The van der Waals surface area contributed by atoms with Crippen LogP contribution in [-0.2, 0) is 11.0 Å². The molecular weight excluding hydrogens is 453 g/mol. The van der Waals surface area contributed by atoms with Gasteiger partial charge in [0.1, 0.15) is 11.8 Å². The van der Waals surface area contributed by atoms with E-state index in [-0.39, 0.29) is 24.1 Å². The predicted molar refractivity (Wildman–Crippen MR) is 112 cm³/mol. The lowest BCUT2D eigenvalue weighted by molar-refractivity contribution is -0.145. The molecule has 34 heavy (non-hydrogen) atoms. The zero-order chi connectivity index (χ0) is 23.4. The van der Waals surface area contributed by atoms with E-state index in [0.717, 1.165) is 4.68 Å². The van der Waals surface area contributed by atoms with E-state index in [2.05, 4.69) is 15.4 Å². The number of ether oxygens (including phenoxy) is 2. The van der Waals surface area contributed by atoms with Crippen molar-refractivity contribution in [1.29, 1.82) is 0 Å². The van der Waals surface area contributed by atoms with Gasteiger partial charge in [-0.1, -0.05) is 6.07 Å². The molecule has 0 spiro atoms. The lowest BCUT2D eigenvalue weighted by Crippen LogP contribution is -2.33. The summed E-state index contributed by atoms with van der Waals surface area (Å²) in [6, 6.07) is 7.77. The summed E-state index contributed by atoms with van der Waals surface area (Å²) in [5.74, 6) is -0.0917. The molecule has 0 bridgehead atoms. The number of benzene rings is 1. The maximum Gasteiger partial charge on any atom is 0.453 e. The number of anilines is 1. The van der Waals surface area contributed by atoms with Crippen LogP contribution in [0.1, 0.15) is 48.4 Å². The Balaban J connectivity index is 1.48. The number of alkyl halides is 3. The molecule has 0 fully saturated rings. The van der Waals surface area contributed by atoms with Crippen molar-refractivity contribution in [2.24, 2.45) is 0 Å². The number of carbonyl (C=O) groups is 1. The van der Waals surface area contributed by atoms with Crippen LogP contribution in [0.3, 0.4) is 0 Å². The van der Waals surface area contributed by atoms with Crippen molar-refractivity contribution in [3.05, 3.63) is 65.0 Å². The first kappa shape index (κ1) is 20.8. The van der Waals surface area contributed by atoms with Crippen molar-refractivity contribution in [2.75, 3.05) is 18.5 Å². The minimum absolute atomic E-state index is 0.0731. The molecular formula is C23H19F3N4O4. The quantitative estimate of drug-likeness (QED) is 0.589. The SMILES string of the molecule is O=C1CC(c2ccco2)CC2=C1C(c1ccc3c(c1)OCCCO3)n1nc(C(F)(F)F)nc1N2. The van der Waals surface area contributed by atoms with Crippen LogP contribution in [0, 0.1) is 0 Å². The molecule has 0 radical (unpaired) electrons. The molecule has 1 N–H and O–H groups in total. The highest BCUT2D eigenvalue weighted by atomic mass is 19.4. The van der Waals surface area contributed by atoms with Crippen LogP contribution in [0.15, 0.2) is 52.3 Å². The minimum Gasteiger partial charge on any atom is -0.490 e. The second kappa shape index (κ2) is 7.64. The summed E-state index contributed by atoms with van der Waals surface area (Å²) < 4.78 is 58.5. The Morgan fingerprint density at radius 1 is 1.09 bits per heavy atom. The molecule has 3 aromatic rings. The van der Waals surface area contributed by atoms with Gasteiger partial charge in [-0.25, -0.2) is 4.68 Å². The fraction of sp³-hybridized carbons (Fsp3) is 0.348. The van der Waals surface area contributed by atoms with Crippen molar-refractivity contribution in [3.63, 3.8) is 0 Å². The van der Waals surface area contributed by atoms with Crippen molar-refractivity contribution in [2.45, 2.75) is 37.4 Å². The number of nitrogens with one attached hydrogen (secondary N) is 1. The van der Waals surface area contributed by atoms with Crippen molar-refractivity contribution in [3.8, 4) is 11.5 Å². The number of furan rings is 1. The highest BCUT2D eigenvalue weighted by Crippen LogP contribution is 2.46. The fourth-order valence-electron chi connectivity index (χ4n) is 4.71. The van der Waals surface area contributed by atoms with Gasteiger partial charge in [-0.2, -0.15) is 18.2 Å². The molecule has 6 rings (SSSR count). The summed E-state index contributed by atoms with van der Waals surface area (Å²) in [7, 11) is 0. The summed E-state index contributed by atoms with van der Waals surface area (Å²) in [6.45, 7) is 0.955. The van der Waals surface area contributed by atoms with E-state index in [1.54, 1.807) is 30.3 Å². The molecule has 0 amide bonds. The second-order valence-corrected chi connectivity index (χ2v) is 8.42. The number of fused-ring (bicyclic) bond motifs is 2. The Kier molecular flexibility index (Phi) is 4.68. The zero-order valence-corrected chi connectivity index (χ0v) is 17.8. The highest BCUT2D eigenvalue weighted by Gasteiger charge is 2.44. The molecule has 1 aromatic carbocycles. The van der Waals surface area contributed by atoms with E-state index in [1.165, 1.54) is 6.26 Å². The number of Topliss-reactive ketones (excluding diaryl/α,β-unsaturated/α-hetero) is 1. The Hall–Kier alpha value is -3.76. The summed E-state index contributed by atoms with van der Waals surface area (Å²) >= 11 is 0. The number of aromatic nitrogens is 3. The largest absolute Gasteiger partial charge is 0.490 e. The van der Waals surface area contributed by atoms with Gasteiger partial charge in [0.25, 0.3) is 5.82 Å². The molecule has 176 valence electrons. The first-order valence-electron chi connectivity index (χ1n) is 10.9. The maximum absolute atomic E-state index is 13.5. The van der Waals surface area contributed by atoms with Gasteiger partial charge in [0, 0.05) is 30.0 Å². The van der Waals surface area contributed by atoms with Gasteiger partial charge in [0.15, 0.2) is 17.3 Å². The fourth-order valence-corrected chi connectivity index (χ4v) is 4.71. The number of allylic oxidation sites excluding steroid dienone is 2. The van der Waals surface area contributed by atoms with Gasteiger partial charge in [0.05, 0.1) is 19.5 Å². The topological polar surface area (TPSA) is 91.4 Å². The normalized spacial score (nSPS) is 22.0. The van der Waals surface area contributed by atoms with E-state index in [0.29, 0.717) is 60.1 Å². The molecule has 0 saturated heterocycles. The predicted octanol–water partition coefficient (Wildman–Crippen LogP) is 4.47. The van der Waals surface area contributed by atoms with Gasteiger partial charge in [-0.3, -0.25) is 4.79 Å². The number of nitrogens with zero attached hydrogens (tertiary/aromatic N) is 3. The number of hydrogen-bond acceptors (Lipinski definition) is 7. The third-order valence-electron chi connectivity index (χ3n) is 6.21. The summed E-state index contributed by atoms with van der Waals surface area (Å²) in [4.78, 5) is 17.1. The van der Waals surface area contributed by atoms with Crippen LogP contribution in [0.4, 0.5) is 19.1 Å². The van der Waals surface area contributed by atoms with E-state index in [9.17, 15) is 18.0 Å². The minimum atomic E-state index is -4.73. The molecule has 4 heterocycles. The standard InChI is InChI=1S/C23H19F3N4O4/c24-23(25,26)21-28-22-27-14-9-13(16-3-1-6-32-16)10-15(31)19(14)20(30(22)29-21)12-4-5-17-18(11-12)34-8-2-7-33-17/h1,3-6,11,13,20H,2,7-10H2,(H,27,28,29). The molecule has 2 aromatic heterocycles. The smallest absolute Gasteiger partial charge is 0.453 e. The van der Waals surface area contributed by atoms with E-state index in [1.807, 2.05) is 0 Å². The lowest BCUT2D eigenvalue weighted by Gasteiger charge is -2.34. The van der Waals surface area contributed by atoms with E-state index < -0.39 is 18.0 Å². The van der Waals surface area contributed by atoms with Crippen LogP contribution in [0.5, 0.6) is 11.5 Å². The highest BCUT2D eigenvalue weighted by molar-refractivity contribution is 6.00. The van der Waals surface area contributed by atoms with Crippen molar-refractivity contribution < 1.29 is 31.9 Å². The Morgan fingerprint density at radius 2 is 1.91 bits per heavy atom.